The van der Waals surface area contributed by atoms with Crippen molar-refractivity contribution in [1.29, 1.82) is 0 Å². The van der Waals surface area contributed by atoms with Gasteiger partial charge in [0.05, 0.1) is 12.0 Å². The molecule has 2 atom stereocenters. The maximum Gasteiger partial charge on any atom is 0.407 e. The number of esters is 1. The molecule has 0 unspecified atom stereocenters. The highest BCUT2D eigenvalue weighted by Crippen LogP contribution is 2.44. The van der Waals surface area contributed by atoms with Crippen LogP contribution in [-0.2, 0) is 25.7 Å². The number of hydrogen-bond acceptors (Lipinski definition) is 6. The highest BCUT2D eigenvalue weighted by molar-refractivity contribution is 7.98. The fraction of sp³-hybridized carbons (Fsp3) is 0.382. The molecule has 0 saturated heterocycles. The smallest absolute Gasteiger partial charge is 0.407 e. The van der Waals surface area contributed by atoms with E-state index in [0.717, 1.165) is 27.8 Å². The lowest BCUT2D eigenvalue weighted by atomic mass is 9.90. The van der Waals surface area contributed by atoms with E-state index in [1.807, 2.05) is 74.7 Å². The number of carbonyl (C=O) groups excluding carboxylic acids is 3. The lowest BCUT2D eigenvalue weighted by Crippen LogP contribution is -2.43. The van der Waals surface area contributed by atoms with Crippen molar-refractivity contribution in [2.45, 2.75) is 51.7 Å². The lowest BCUT2D eigenvalue weighted by Gasteiger charge is -2.22. The van der Waals surface area contributed by atoms with Crippen LogP contribution in [-0.4, -0.2) is 42.5 Å². The maximum atomic E-state index is 13.5. The summed E-state index contributed by atoms with van der Waals surface area (Å²) in [6.07, 6.45) is 2.32. The number of hydrogen-bond donors (Lipinski definition) is 1. The van der Waals surface area contributed by atoms with Crippen LogP contribution in [0.4, 0.5) is 4.79 Å². The molecule has 0 spiro atoms. The highest BCUT2D eigenvalue weighted by Gasteiger charge is 2.31. The van der Waals surface area contributed by atoms with E-state index in [1.165, 1.54) is 0 Å². The molecular formula is C34H39NO5S. The van der Waals surface area contributed by atoms with E-state index in [4.69, 9.17) is 9.47 Å². The topological polar surface area (TPSA) is 81.7 Å². The number of nitrogens with one attached hydrogen (secondary N) is 1. The Morgan fingerprint density at radius 3 is 2.07 bits per heavy atom. The number of rotatable bonds is 14. The van der Waals surface area contributed by atoms with Crippen molar-refractivity contribution in [3.05, 3.63) is 95.6 Å². The second-order valence-corrected chi connectivity index (χ2v) is 11.9. The van der Waals surface area contributed by atoms with Crippen LogP contribution in [0, 0.1) is 11.8 Å². The standard InChI is InChI=1S/C34H39NO5S/c1-23(2)19-25(33(37)39-21-24-11-5-4-6-12-24)20-32(36)31(17-18-41-3)35-34(38)40-22-30-28-15-9-7-13-26(28)27-14-8-10-16-29(27)30/h4-16,23,25,30-31H,17-22H2,1-3H3,(H,35,38)/t25-,31+/m1/s1. The van der Waals surface area contributed by atoms with Crippen LogP contribution in [0.3, 0.4) is 0 Å². The summed E-state index contributed by atoms with van der Waals surface area (Å²) in [4.78, 5) is 39.4. The molecule has 1 amide bonds. The van der Waals surface area contributed by atoms with Crippen molar-refractivity contribution in [2.75, 3.05) is 18.6 Å². The second-order valence-electron chi connectivity index (χ2n) is 10.9. The summed E-state index contributed by atoms with van der Waals surface area (Å²) in [5.74, 6) is -0.323. The van der Waals surface area contributed by atoms with E-state index in [2.05, 4.69) is 29.6 Å². The largest absolute Gasteiger partial charge is 0.461 e. The molecule has 1 aliphatic carbocycles. The molecule has 0 radical (unpaired) electrons. The average Bonchev–Trinajstić information content (AvgIpc) is 3.30. The Labute approximate surface area is 247 Å². The molecule has 0 bridgehead atoms. The summed E-state index contributed by atoms with van der Waals surface area (Å²) in [5, 5.41) is 2.80. The van der Waals surface area contributed by atoms with Gasteiger partial charge in [0.15, 0.2) is 5.78 Å². The Hall–Kier alpha value is -3.58. The monoisotopic (exact) mass is 573 g/mol. The third-order valence-electron chi connectivity index (χ3n) is 7.40. The van der Waals surface area contributed by atoms with Crippen molar-refractivity contribution in [1.82, 2.24) is 5.32 Å². The Bertz CT molecular complexity index is 1280. The van der Waals surface area contributed by atoms with E-state index >= 15 is 0 Å². The lowest BCUT2D eigenvalue weighted by molar-refractivity contribution is -0.152. The molecule has 41 heavy (non-hydrogen) atoms. The minimum absolute atomic E-state index is 0.00844. The Kier molecular flexibility index (Phi) is 11.0. The van der Waals surface area contributed by atoms with Crippen LogP contribution in [0.1, 0.15) is 55.7 Å². The molecule has 4 rings (SSSR count). The number of benzene rings is 3. The van der Waals surface area contributed by atoms with Gasteiger partial charge in [0, 0.05) is 12.3 Å². The SMILES string of the molecule is CSCC[C@H](NC(=O)OCC1c2ccccc2-c2ccccc21)C(=O)C[C@@H](CC(C)C)C(=O)OCc1ccccc1. The Morgan fingerprint density at radius 2 is 1.46 bits per heavy atom. The van der Waals surface area contributed by atoms with Crippen LogP contribution in [0.2, 0.25) is 0 Å². The van der Waals surface area contributed by atoms with Crippen LogP contribution in [0.5, 0.6) is 0 Å². The minimum Gasteiger partial charge on any atom is -0.461 e. The van der Waals surface area contributed by atoms with E-state index in [1.54, 1.807) is 11.8 Å². The van der Waals surface area contributed by atoms with E-state index in [-0.39, 0.29) is 43.2 Å². The molecule has 3 aromatic carbocycles. The van der Waals surface area contributed by atoms with Crippen LogP contribution < -0.4 is 5.32 Å². The summed E-state index contributed by atoms with van der Waals surface area (Å²) < 4.78 is 11.3. The van der Waals surface area contributed by atoms with Gasteiger partial charge in [-0.25, -0.2) is 4.79 Å². The summed E-state index contributed by atoms with van der Waals surface area (Å²) in [6, 6.07) is 25.1. The first-order valence-corrected chi connectivity index (χ1v) is 15.6. The zero-order chi connectivity index (χ0) is 29.2. The summed E-state index contributed by atoms with van der Waals surface area (Å²) in [6.45, 7) is 4.37. The van der Waals surface area contributed by atoms with Crippen LogP contribution >= 0.6 is 11.8 Å². The van der Waals surface area contributed by atoms with Crippen molar-refractivity contribution in [3.63, 3.8) is 0 Å². The molecule has 0 aliphatic heterocycles. The average molecular weight is 574 g/mol. The van der Waals surface area contributed by atoms with E-state index in [9.17, 15) is 14.4 Å². The summed E-state index contributed by atoms with van der Waals surface area (Å²) >= 11 is 1.60. The third-order valence-corrected chi connectivity index (χ3v) is 8.04. The number of ketones is 1. The molecule has 0 heterocycles. The number of alkyl carbamates (subject to hydrolysis) is 1. The first-order valence-electron chi connectivity index (χ1n) is 14.2. The van der Waals surface area contributed by atoms with Crippen molar-refractivity contribution >= 4 is 29.6 Å². The van der Waals surface area contributed by atoms with Crippen LogP contribution in [0.25, 0.3) is 11.1 Å². The van der Waals surface area contributed by atoms with Gasteiger partial charge in [0.1, 0.15) is 13.2 Å². The first kappa shape index (κ1) is 30.4. The summed E-state index contributed by atoms with van der Waals surface area (Å²) in [5.41, 5.74) is 5.45. The molecular weight excluding hydrogens is 534 g/mol. The van der Waals surface area contributed by atoms with Gasteiger partial charge in [-0.05, 0) is 58.6 Å². The number of Topliss-reactive ketones (excluding diaryl/α,β-unsaturated/α-hetero) is 1. The van der Waals surface area contributed by atoms with Gasteiger partial charge in [0.25, 0.3) is 0 Å². The van der Waals surface area contributed by atoms with Crippen molar-refractivity contribution < 1.29 is 23.9 Å². The molecule has 1 aliphatic rings. The van der Waals surface area contributed by atoms with Gasteiger partial charge in [-0.1, -0.05) is 92.7 Å². The molecule has 1 N–H and O–H groups in total. The third kappa shape index (κ3) is 8.23. The van der Waals surface area contributed by atoms with Gasteiger partial charge in [-0.15, -0.1) is 0 Å². The van der Waals surface area contributed by atoms with Gasteiger partial charge < -0.3 is 14.8 Å². The van der Waals surface area contributed by atoms with E-state index < -0.39 is 18.1 Å². The number of thioether (sulfide) groups is 1. The zero-order valence-corrected chi connectivity index (χ0v) is 24.8. The molecule has 0 aromatic heterocycles. The van der Waals surface area contributed by atoms with Gasteiger partial charge in [-0.3, -0.25) is 9.59 Å². The maximum absolute atomic E-state index is 13.5. The molecule has 216 valence electrons. The predicted molar refractivity (Wildman–Crippen MR) is 164 cm³/mol. The molecule has 6 nitrogen and oxygen atoms in total. The van der Waals surface area contributed by atoms with Gasteiger partial charge >= 0.3 is 12.1 Å². The minimum atomic E-state index is -0.741. The zero-order valence-electron chi connectivity index (χ0n) is 24.0. The first-order chi connectivity index (χ1) is 19.9. The molecule has 3 aromatic rings. The fourth-order valence-corrected chi connectivity index (χ4v) is 5.87. The van der Waals surface area contributed by atoms with Gasteiger partial charge in [-0.2, -0.15) is 11.8 Å². The Balaban J connectivity index is 1.38. The van der Waals surface area contributed by atoms with Crippen molar-refractivity contribution in [2.24, 2.45) is 11.8 Å². The van der Waals surface area contributed by atoms with Crippen molar-refractivity contribution in [3.8, 4) is 11.1 Å². The fourth-order valence-electron chi connectivity index (χ4n) is 5.40. The Morgan fingerprint density at radius 1 is 0.854 bits per heavy atom. The number of amides is 1. The predicted octanol–water partition coefficient (Wildman–Crippen LogP) is 7.01. The summed E-state index contributed by atoms with van der Waals surface area (Å²) in [7, 11) is 0. The second kappa shape index (κ2) is 14.9. The number of ether oxygens (including phenoxy) is 2. The number of fused-ring (bicyclic) bond motifs is 3. The van der Waals surface area contributed by atoms with Gasteiger partial charge in [0.2, 0.25) is 0 Å². The number of carbonyl (C=O) groups is 3. The van der Waals surface area contributed by atoms with E-state index in [0.29, 0.717) is 18.6 Å². The molecule has 0 fully saturated rings. The quantitative estimate of drug-likeness (QED) is 0.209. The normalized spacial score (nSPS) is 13.7. The highest BCUT2D eigenvalue weighted by atomic mass is 32.2. The molecule has 0 saturated carbocycles. The van der Waals surface area contributed by atoms with Crippen LogP contribution in [0.15, 0.2) is 78.9 Å². The molecule has 7 heteroatoms.